The van der Waals surface area contributed by atoms with Crippen molar-refractivity contribution >= 4 is 15.9 Å². The number of aryl methyl sites for hydroxylation is 3. The molecule has 1 saturated carbocycles. The highest BCUT2D eigenvalue weighted by Gasteiger charge is 2.39. The molecule has 0 aromatic heterocycles. The summed E-state index contributed by atoms with van der Waals surface area (Å²) in [4.78, 5) is 0.655. The van der Waals surface area contributed by atoms with Gasteiger partial charge in [-0.15, -0.1) is 0 Å². The Hall–Kier alpha value is -0.300. The molecule has 1 aliphatic rings. The summed E-state index contributed by atoms with van der Waals surface area (Å²) < 4.78 is 0. The molecular formula is C19H29Br. The first kappa shape index (κ1) is 16.1. The Bertz CT molecular complexity index is 487. The van der Waals surface area contributed by atoms with Crippen LogP contribution in [0.3, 0.4) is 0 Å². The van der Waals surface area contributed by atoms with Crippen molar-refractivity contribution in [2.45, 2.75) is 71.0 Å². The zero-order valence-corrected chi connectivity index (χ0v) is 15.5. The lowest BCUT2D eigenvalue weighted by Gasteiger charge is -2.43. The molecule has 1 heteroatoms. The average Bonchev–Trinajstić information content (AvgIpc) is 2.33. The molecule has 3 unspecified atom stereocenters. The van der Waals surface area contributed by atoms with Crippen molar-refractivity contribution in [2.75, 3.05) is 0 Å². The van der Waals surface area contributed by atoms with E-state index >= 15 is 0 Å². The van der Waals surface area contributed by atoms with E-state index in [9.17, 15) is 0 Å². The Kier molecular flexibility index (Phi) is 4.69. The second-order valence-corrected chi connectivity index (χ2v) is 8.69. The van der Waals surface area contributed by atoms with Gasteiger partial charge in [-0.05, 0) is 73.1 Å². The molecule has 1 aliphatic carbocycles. The lowest BCUT2D eigenvalue weighted by molar-refractivity contribution is 0.213. The van der Waals surface area contributed by atoms with Crippen molar-refractivity contribution in [1.82, 2.24) is 0 Å². The second kappa shape index (κ2) is 5.83. The van der Waals surface area contributed by atoms with Crippen LogP contribution in [0, 0.1) is 32.6 Å². The first-order valence-electron chi connectivity index (χ1n) is 7.96. The van der Waals surface area contributed by atoms with Gasteiger partial charge in [0, 0.05) is 4.83 Å². The van der Waals surface area contributed by atoms with Gasteiger partial charge in [-0.2, -0.15) is 0 Å². The number of hydrogen-bond acceptors (Lipinski definition) is 0. The minimum atomic E-state index is 0.247. The number of hydrogen-bond donors (Lipinski definition) is 0. The maximum atomic E-state index is 3.99. The van der Waals surface area contributed by atoms with Crippen LogP contribution in [0.2, 0.25) is 0 Å². The van der Waals surface area contributed by atoms with Gasteiger partial charge in [-0.1, -0.05) is 55.3 Å². The number of halogens is 1. The van der Waals surface area contributed by atoms with Crippen molar-refractivity contribution in [1.29, 1.82) is 0 Å². The molecule has 2 rings (SSSR count). The van der Waals surface area contributed by atoms with Crippen molar-refractivity contribution in [3.63, 3.8) is 0 Å². The van der Waals surface area contributed by atoms with E-state index in [0.717, 1.165) is 11.8 Å². The minimum Gasteiger partial charge on any atom is -0.0887 e. The van der Waals surface area contributed by atoms with E-state index in [-0.39, 0.29) is 5.41 Å². The van der Waals surface area contributed by atoms with E-state index in [1.807, 2.05) is 0 Å². The SMILES string of the molecule is Cc1cc(C)c(C(C)(C)C2CCC(C)CC2Br)cc1C. The smallest absolute Gasteiger partial charge is 0.0184 e. The molecule has 0 saturated heterocycles. The molecule has 3 atom stereocenters. The molecule has 20 heavy (non-hydrogen) atoms. The van der Waals surface area contributed by atoms with Gasteiger partial charge >= 0.3 is 0 Å². The van der Waals surface area contributed by atoms with E-state index in [4.69, 9.17) is 0 Å². The monoisotopic (exact) mass is 336 g/mol. The van der Waals surface area contributed by atoms with Crippen molar-refractivity contribution in [3.8, 4) is 0 Å². The van der Waals surface area contributed by atoms with Gasteiger partial charge in [0.2, 0.25) is 0 Å². The molecule has 0 N–H and O–H groups in total. The molecule has 112 valence electrons. The Morgan fingerprint density at radius 2 is 1.60 bits per heavy atom. The molecule has 1 aromatic carbocycles. The Morgan fingerprint density at radius 1 is 1.00 bits per heavy atom. The Balaban J connectivity index is 2.37. The number of alkyl halides is 1. The van der Waals surface area contributed by atoms with Crippen LogP contribution < -0.4 is 0 Å². The molecule has 0 nitrogen and oxygen atoms in total. The van der Waals surface area contributed by atoms with E-state index in [0.29, 0.717) is 4.83 Å². The number of benzene rings is 1. The molecule has 0 aliphatic heterocycles. The van der Waals surface area contributed by atoms with Crippen LogP contribution >= 0.6 is 15.9 Å². The van der Waals surface area contributed by atoms with Gasteiger partial charge in [0.15, 0.2) is 0 Å². The lowest BCUT2D eigenvalue weighted by atomic mass is 9.65. The van der Waals surface area contributed by atoms with Gasteiger partial charge in [0.25, 0.3) is 0 Å². The van der Waals surface area contributed by atoms with Gasteiger partial charge in [0.05, 0.1) is 0 Å². The largest absolute Gasteiger partial charge is 0.0887 e. The molecule has 0 spiro atoms. The van der Waals surface area contributed by atoms with Gasteiger partial charge in [0.1, 0.15) is 0 Å². The molecule has 0 amide bonds. The van der Waals surface area contributed by atoms with E-state index < -0.39 is 0 Å². The highest BCUT2D eigenvalue weighted by Crippen LogP contribution is 2.46. The summed E-state index contributed by atoms with van der Waals surface area (Å²) in [6, 6.07) is 4.80. The fourth-order valence-corrected chi connectivity index (χ4v) is 5.54. The van der Waals surface area contributed by atoms with Gasteiger partial charge in [-0.25, -0.2) is 0 Å². The highest BCUT2D eigenvalue weighted by atomic mass is 79.9. The van der Waals surface area contributed by atoms with Crippen molar-refractivity contribution in [3.05, 3.63) is 34.4 Å². The zero-order chi connectivity index (χ0) is 15.1. The lowest BCUT2D eigenvalue weighted by Crippen LogP contribution is -2.39. The summed E-state index contributed by atoms with van der Waals surface area (Å²) in [6.45, 7) is 14.0. The molecule has 0 heterocycles. The summed E-state index contributed by atoms with van der Waals surface area (Å²) in [5, 5.41) is 0. The van der Waals surface area contributed by atoms with Crippen LogP contribution in [0.1, 0.15) is 62.3 Å². The third-order valence-corrected chi connectivity index (χ3v) is 6.51. The van der Waals surface area contributed by atoms with Crippen LogP contribution in [-0.4, -0.2) is 4.83 Å². The Morgan fingerprint density at radius 3 is 2.20 bits per heavy atom. The fourth-order valence-electron chi connectivity index (χ4n) is 3.98. The van der Waals surface area contributed by atoms with Crippen LogP contribution in [0.4, 0.5) is 0 Å². The van der Waals surface area contributed by atoms with Gasteiger partial charge in [-0.3, -0.25) is 0 Å². The van der Waals surface area contributed by atoms with Crippen LogP contribution in [-0.2, 0) is 5.41 Å². The molecular weight excluding hydrogens is 308 g/mol. The van der Waals surface area contributed by atoms with Crippen LogP contribution in [0.25, 0.3) is 0 Å². The van der Waals surface area contributed by atoms with Gasteiger partial charge < -0.3 is 0 Å². The van der Waals surface area contributed by atoms with Crippen molar-refractivity contribution < 1.29 is 0 Å². The third kappa shape index (κ3) is 2.98. The molecule has 0 radical (unpaired) electrons. The fraction of sp³-hybridized carbons (Fsp3) is 0.684. The zero-order valence-electron chi connectivity index (χ0n) is 13.9. The second-order valence-electron chi connectivity index (χ2n) is 7.51. The van der Waals surface area contributed by atoms with Crippen LogP contribution in [0.15, 0.2) is 12.1 Å². The first-order valence-corrected chi connectivity index (χ1v) is 8.87. The summed E-state index contributed by atoms with van der Waals surface area (Å²) in [6.07, 6.45) is 4.04. The molecule has 1 fully saturated rings. The summed E-state index contributed by atoms with van der Waals surface area (Å²) in [5.41, 5.74) is 6.08. The first-order chi connectivity index (χ1) is 9.23. The van der Waals surface area contributed by atoms with E-state index in [2.05, 4.69) is 69.6 Å². The van der Waals surface area contributed by atoms with Crippen LogP contribution in [0.5, 0.6) is 0 Å². The highest BCUT2D eigenvalue weighted by molar-refractivity contribution is 9.09. The number of rotatable bonds is 2. The normalized spacial score (nSPS) is 27.6. The van der Waals surface area contributed by atoms with E-state index in [1.54, 1.807) is 5.56 Å². The standard InChI is InChI=1S/C19H29Br/c1-12-7-8-16(18(20)9-12)19(5,6)17-11-14(3)13(2)10-15(17)4/h10-12,16,18H,7-9H2,1-6H3. The molecule has 0 bridgehead atoms. The maximum Gasteiger partial charge on any atom is 0.0184 e. The topological polar surface area (TPSA) is 0 Å². The maximum absolute atomic E-state index is 3.99. The van der Waals surface area contributed by atoms with Crippen molar-refractivity contribution in [2.24, 2.45) is 11.8 Å². The minimum absolute atomic E-state index is 0.247. The predicted octanol–water partition coefficient (Wildman–Crippen LogP) is 6.09. The summed E-state index contributed by atoms with van der Waals surface area (Å²) >= 11 is 3.99. The summed E-state index contributed by atoms with van der Waals surface area (Å²) in [7, 11) is 0. The molecule has 1 aromatic rings. The predicted molar refractivity (Wildman–Crippen MR) is 92.9 cm³/mol. The third-order valence-electron chi connectivity index (χ3n) is 5.50. The summed E-state index contributed by atoms with van der Waals surface area (Å²) in [5.74, 6) is 1.60. The quantitative estimate of drug-likeness (QED) is 0.573. The van der Waals surface area contributed by atoms with E-state index in [1.165, 1.54) is 36.0 Å². The Labute approximate surface area is 133 Å². The average molecular weight is 337 g/mol.